The van der Waals surface area contributed by atoms with Crippen LogP contribution < -0.4 is 0 Å². The smallest absolute Gasteiger partial charge is 0.326 e. The van der Waals surface area contributed by atoms with E-state index in [2.05, 4.69) is 0 Å². The molecule has 0 aromatic carbocycles. The van der Waals surface area contributed by atoms with Gasteiger partial charge in [0.1, 0.15) is 0 Å². The molecule has 0 fully saturated rings. The summed E-state index contributed by atoms with van der Waals surface area (Å²) in [6, 6.07) is 0. The fraction of sp³-hybridized carbons (Fsp3) is 0.900. The summed E-state index contributed by atoms with van der Waals surface area (Å²) in [6.45, 7) is 7.58. The number of carbonyl (C=O) groups is 1. The molecule has 0 saturated heterocycles. The molecule has 0 bridgehead atoms. The molecule has 2 N–H and O–H groups in total. The van der Waals surface area contributed by atoms with Crippen molar-refractivity contribution in [2.75, 3.05) is 12.8 Å². The number of carbonyl (C=O) groups excluding carboxylic acids is 1. The Balaban J connectivity index is 4.43. The van der Waals surface area contributed by atoms with Gasteiger partial charge in [0.15, 0.2) is 0 Å². The second-order valence-corrected chi connectivity index (χ2v) is 6.42. The molecule has 0 spiro atoms. The Morgan fingerprint density at radius 2 is 1.75 bits per heavy atom. The highest BCUT2D eigenvalue weighted by Crippen LogP contribution is 2.39. The summed E-state index contributed by atoms with van der Waals surface area (Å²) in [5, 5.41) is 0. The van der Waals surface area contributed by atoms with Gasteiger partial charge in [0.25, 0.3) is 0 Å². The Bertz CT molecular complexity index is 268. The van der Waals surface area contributed by atoms with Gasteiger partial charge in [-0.2, -0.15) is 0 Å². The van der Waals surface area contributed by atoms with Gasteiger partial charge in [-0.1, -0.05) is 27.7 Å². The quantitative estimate of drug-likeness (QED) is 0.554. The number of hydrogen-bond acceptors (Lipinski definition) is 3. The van der Waals surface area contributed by atoms with E-state index >= 15 is 0 Å². The molecular weight excluding hydrogens is 231 g/mol. The first-order valence-corrected chi connectivity index (χ1v) is 7.14. The molecule has 0 aliphatic rings. The fourth-order valence-electron chi connectivity index (χ4n) is 1.17. The second kappa shape index (κ2) is 6.38. The molecule has 0 heterocycles. The molecule has 96 valence electrons. The molecule has 0 amide bonds. The molecule has 0 aromatic rings. The lowest BCUT2D eigenvalue weighted by Gasteiger charge is -2.20. The molecular formula is C10H21O5P. The summed E-state index contributed by atoms with van der Waals surface area (Å²) >= 11 is 0. The van der Waals surface area contributed by atoms with Crippen molar-refractivity contribution in [1.82, 2.24) is 0 Å². The van der Waals surface area contributed by atoms with Crippen molar-refractivity contribution in [3.05, 3.63) is 0 Å². The molecule has 0 saturated carbocycles. The molecule has 6 heteroatoms. The van der Waals surface area contributed by atoms with E-state index in [-0.39, 0.29) is 18.4 Å². The Morgan fingerprint density at radius 3 is 2.06 bits per heavy atom. The number of hydrogen-bond donors (Lipinski definition) is 2. The summed E-state index contributed by atoms with van der Waals surface area (Å²) in [5.74, 6) is -1.19. The zero-order valence-corrected chi connectivity index (χ0v) is 11.1. The Labute approximate surface area is 96.4 Å². The molecule has 0 rings (SSSR count). The molecule has 0 aliphatic carbocycles. The zero-order chi connectivity index (χ0) is 12.9. The first-order valence-electron chi connectivity index (χ1n) is 5.34. The highest BCUT2D eigenvalue weighted by Gasteiger charge is 2.31. The van der Waals surface area contributed by atoms with Crippen molar-refractivity contribution in [1.29, 1.82) is 0 Å². The number of esters is 1. The Morgan fingerprint density at radius 1 is 1.25 bits per heavy atom. The number of rotatable bonds is 6. The highest BCUT2D eigenvalue weighted by atomic mass is 31.2. The molecule has 0 unspecified atom stereocenters. The average Bonchev–Trinajstić information content (AvgIpc) is 2.08. The van der Waals surface area contributed by atoms with Crippen LogP contribution in [0.4, 0.5) is 0 Å². The molecule has 0 aliphatic heterocycles. The maximum absolute atomic E-state index is 11.6. The third-order valence-electron chi connectivity index (χ3n) is 2.10. The standard InChI is InChI=1S/C10H21O5P/c1-7(2)5-15-10(11)9(8(3)4)6-16(12,13)14/h7-9H,5-6H2,1-4H3,(H2,12,13,14)/t9-/m0/s1. The van der Waals surface area contributed by atoms with E-state index in [0.29, 0.717) is 0 Å². The van der Waals surface area contributed by atoms with Crippen molar-refractivity contribution in [3.8, 4) is 0 Å². The van der Waals surface area contributed by atoms with Gasteiger partial charge < -0.3 is 14.5 Å². The van der Waals surface area contributed by atoms with Crippen LogP contribution in [0.15, 0.2) is 0 Å². The molecule has 0 radical (unpaired) electrons. The van der Waals surface area contributed by atoms with E-state index < -0.39 is 25.6 Å². The summed E-state index contributed by atoms with van der Waals surface area (Å²) in [4.78, 5) is 29.3. The predicted molar refractivity (Wildman–Crippen MR) is 61.0 cm³/mol. The highest BCUT2D eigenvalue weighted by molar-refractivity contribution is 7.51. The van der Waals surface area contributed by atoms with Crippen molar-refractivity contribution in [3.63, 3.8) is 0 Å². The van der Waals surface area contributed by atoms with Gasteiger partial charge in [-0.15, -0.1) is 0 Å². The van der Waals surface area contributed by atoms with Crippen molar-refractivity contribution in [2.45, 2.75) is 27.7 Å². The third kappa shape index (κ3) is 6.99. The van der Waals surface area contributed by atoms with Crippen LogP contribution in [0.3, 0.4) is 0 Å². The van der Waals surface area contributed by atoms with Crippen LogP contribution >= 0.6 is 7.60 Å². The van der Waals surface area contributed by atoms with E-state index in [0.717, 1.165) is 0 Å². The molecule has 5 nitrogen and oxygen atoms in total. The third-order valence-corrected chi connectivity index (χ3v) is 2.97. The summed E-state index contributed by atoms with van der Waals surface area (Å²) < 4.78 is 15.9. The van der Waals surface area contributed by atoms with Crippen LogP contribution in [0, 0.1) is 17.8 Å². The van der Waals surface area contributed by atoms with Crippen LogP contribution in [-0.4, -0.2) is 28.5 Å². The lowest BCUT2D eigenvalue weighted by Crippen LogP contribution is -2.27. The van der Waals surface area contributed by atoms with Gasteiger partial charge in [-0.3, -0.25) is 9.36 Å². The van der Waals surface area contributed by atoms with E-state index in [9.17, 15) is 9.36 Å². The maximum Gasteiger partial charge on any atom is 0.326 e. The van der Waals surface area contributed by atoms with Gasteiger partial charge in [0.2, 0.25) is 0 Å². The monoisotopic (exact) mass is 252 g/mol. The van der Waals surface area contributed by atoms with Gasteiger partial charge in [0, 0.05) is 0 Å². The summed E-state index contributed by atoms with van der Waals surface area (Å²) in [7, 11) is -4.18. The van der Waals surface area contributed by atoms with E-state index in [1.807, 2.05) is 13.8 Å². The van der Waals surface area contributed by atoms with Crippen LogP contribution in [0.5, 0.6) is 0 Å². The van der Waals surface area contributed by atoms with Gasteiger partial charge in [0.05, 0.1) is 18.7 Å². The zero-order valence-electron chi connectivity index (χ0n) is 10.2. The Kier molecular flexibility index (Phi) is 6.23. The summed E-state index contributed by atoms with van der Waals surface area (Å²) in [5.41, 5.74) is 0. The number of ether oxygens (including phenoxy) is 1. The first kappa shape index (κ1) is 15.6. The largest absolute Gasteiger partial charge is 0.465 e. The van der Waals surface area contributed by atoms with Crippen molar-refractivity contribution in [2.24, 2.45) is 17.8 Å². The van der Waals surface area contributed by atoms with E-state index in [1.165, 1.54) is 0 Å². The SMILES string of the molecule is CC(C)COC(=O)[C@@H](CP(=O)(O)O)C(C)C. The minimum absolute atomic E-state index is 0.146. The van der Waals surface area contributed by atoms with Gasteiger partial charge >= 0.3 is 13.6 Å². The lowest BCUT2D eigenvalue weighted by molar-refractivity contribution is -0.150. The fourth-order valence-corrected chi connectivity index (χ4v) is 2.25. The molecule has 16 heavy (non-hydrogen) atoms. The first-order chi connectivity index (χ1) is 7.13. The average molecular weight is 252 g/mol. The molecule has 0 aromatic heterocycles. The van der Waals surface area contributed by atoms with Crippen LogP contribution in [0.25, 0.3) is 0 Å². The lowest BCUT2D eigenvalue weighted by atomic mass is 9.98. The maximum atomic E-state index is 11.6. The van der Waals surface area contributed by atoms with Crippen LogP contribution in [0.1, 0.15) is 27.7 Å². The van der Waals surface area contributed by atoms with Crippen LogP contribution in [0.2, 0.25) is 0 Å². The van der Waals surface area contributed by atoms with Gasteiger partial charge in [-0.05, 0) is 11.8 Å². The van der Waals surface area contributed by atoms with E-state index in [4.69, 9.17) is 14.5 Å². The topological polar surface area (TPSA) is 83.8 Å². The van der Waals surface area contributed by atoms with Crippen LogP contribution in [-0.2, 0) is 14.1 Å². The second-order valence-electron chi connectivity index (χ2n) is 4.72. The van der Waals surface area contributed by atoms with Gasteiger partial charge in [-0.25, -0.2) is 0 Å². The van der Waals surface area contributed by atoms with Crippen molar-refractivity contribution < 1.29 is 23.9 Å². The molecule has 1 atom stereocenters. The predicted octanol–water partition coefficient (Wildman–Crippen LogP) is 1.64. The minimum Gasteiger partial charge on any atom is -0.465 e. The minimum atomic E-state index is -4.18. The Hall–Kier alpha value is -0.380. The van der Waals surface area contributed by atoms with E-state index in [1.54, 1.807) is 13.8 Å². The summed E-state index contributed by atoms with van der Waals surface area (Å²) in [6.07, 6.45) is -0.443. The normalized spacial score (nSPS) is 14.2. The van der Waals surface area contributed by atoms with Crippen molar-refractivity contribution >= 4 is 13.6 Å².